The van der Waals surface area contributed by atoms with Crippen LogP contribution in [0, 0.1) is 11.6 Å². The summed E-state index contributed by atoms with van der Waals surface area (Å²) in [4.78, 5) is 0. The maximum Gasteiger partial charge on any atom is 0.145 e. The third-order valence-corrected chi connectivity index (χ3v) is 2.52. The van der Waals surface area contributed by atoms with E-state index >= 15 is 0 Å². The van der Waals surface area contributed by atoms with Gasteiger partial charge in [-0.3, -0.25) is 0 Å². The molecule has 76 valence electrons. The van der Waals surface area contributed by atoms with Crippen LogP contribution in [0.25, 0.3) is 0 Å². The molecule has 1 aromatic carbocycles. The van der Waals surface area contributed by atoms with Crippen LogP contribution in [0.1, 0.15) is 12.5 Å². The molecule has 1 fully saturated rings. The van der Waals surface area contributed by atoms with Crippen molar-refractivity contribution in [2.45, 2.75) is 18.6 Å². The molecule has 0 saturated carbocycles. The van der Waals surface area contributed by atoms with Crippen LogP contribution in [-0.2, 0) is 10.3 Å². The molecule has 0 aromatic heterocycles. The van der Waals surface area contributed by atoms with E-state index in [0.29, 0.717) is 0 Å². The third kappa shape index (κ3) is 1.31. The first kappa shape index (κ1) is 9.55. The monoisotopic (exact) mass is 200 g/mol. The molecule has 1 aliphatic rings. The van der Waals surface area contributed by atoms with Crippen LogP contribution in [0.15, 0.2) is 18.2 Å². The van der Waals surface area contributed by atoms with E-state index in [4.69, 9.17) is 4.74 Å². The molecule has 0 spiro atoms. The van der Waals surface area contributed by atoms with Crippen LogP contribution in [-0.4, -0.2) is 17.8 Å². The van der Waals surface area contributed by atoms with Gasteiger partial charge in [-0.15, -0.1) is 0 Å². The molecule has 0 unspecified atom stereocenters. The zero-order valence-corrected chi connectivity index (χ0v) is 7.63. The van der Waals surface area contributed by atoms with Gasteiger partial charge in [0.2, 0.25) is 0 Å². The maximum absolute atomic E-state index is 13.3. The molecule has 1 aromatic rings. The van der Waals surface area contributed by atoms with Crippen LogP contribution in [0.2, 0.25) is 0 Å². The lowest BCUT2D eigenvalue weighted by molar-refractivity contribution is 0.0863. The highest BCUT2D eigenvalue weighted by molar-refractivity contribution is 5.30. The van der Waals surface area contributed by atoms with Gasteiger partial charge in [0.25, 0.3) is 0 Å². The van der Waals surface area contributed by atoms with Crippen molar-refractivity contribution < 1.29 is 18.6 Å². The van der Waals surface area contributed by atoms with Gasteiger partial charge < -0.3 is 9.84 Å². The number of aliphatic hydroxyl groups is 1. The van der Waals surface area contributed by atoms with E-state index in [1.807, 2.05) is 0 Å². The molecule has 1 saturated heterocycles. The van der Waals surface area contributed by atoms with Crippen molar-refractivity contribution in [3.8, 4) is 0 Å². The Morgan fingerprint density at radius 2 is 2.14 bits per heavy atom. The number of ether oxygens (including phenoxy) is 1. The fourth-order valence-corrected chi connectivity index (χ4v) is 1.53. The Morgan fingerprint density at radius 3 is 2.57 bits per heavy atom. The molecule has 0 amide bonds. The second kappa shape index (κ2) is 3.00. The molecule has 2 rings (SSSR count). The van der Waals surface area contributed by atoms with Gasteiger partial charge in [0.15, 0.2) is 0 Å². The van der Waals surface area contributed by atoms with E-state index < -0.39 is 23.3 Å². The predicted octanol–water partition coefficient (Wildman–Crippen LogP) is 1.57. The average Bonchev–Trinajstić information content (AvgIpc) is 2.84. The first-order chi connectivity index (χ1) is 6.56. The van der Waals surface area contributed by atoms with E-state index in [1.54, 1.807) is 0 Å². The SMILES string of the molecule is C[C@@H](O)[C@@]1(c2ccc(F)cc2F)CO1. The molecule has 0 bridgehead atoms. The minimum Gasteiger partial charge on any atom is -0.390 e. The molecule has 1 heterocycles. The summed E-state index contributed by atoms with van der Waals surface area (Å²) >= 11 is 0. The van der Waals surface area contributed by atoms with E-state index in [1.165, 1.54) is 13.0 Å². The molecule has 4 heteroatoms. The topological polar surface area (TPSA) is 32.8 Å². The molecule has 1 N–H and O–H groups in total. The summed E-state index contributed by atoms with van der Waals surface area (Å²) in [7, 11) is 0. The largest absolute Gasteiger partial charge is 0.390 e. The summed E-state index contributed by atoms with van der Waals surface area (Å²) in [6.07, 6.45) is -0.803. The van der Waals surface area contributed by atoms with Gasteiger partial charge in [-0.05, 0) is 13.0 Å². The Kier molecular flexibility index (Phi) is 2.05. The molecule has 0 radical (unpaired) electrons. The van der Waals surface area contributed by atoms with Gasteiger partial charge in [0, 0.05) is 11.6 Å². The summed E-state index contributed by atoms with van der Waals surface area (Å²) < 4.78 is 31.0. The van der Waals surface area contributed by atoms with Crippen molar-refractivity contribution in [1.29, 1.82) is 0 Å². The zero-order valence-electron chi connectivity index (χ0n) is 7.63. The summed E-state index contributed by atoms with van der Waals surface area (Å²) in [6, 6.07) is 3.26. The number of epoxide rings is 1. The van der Waals surface area contributed by atoms with Gasteiger partial charge >= 0.3 is 0 Å². The fourth-order valence-electron chi connectivity index (χ4n) is 1.53. The molecular formula is C10H10F2O2. The van der Waals surface area contributed by atoms with Crippen molar-refractivity contribution in [3.63, 3.8) is 0 Å². The van der Waals surface area contributed by atoms with Gasteiger partial charge in [0.1, 0.15) is 17.2 Å². The van der Waals surface area contributed by atoms with Crippen molar-refractivity contribution in [2.24, 2.45) is 0 Å². The number of aliphatic hydroxyl groups excluding tert-OH is 1. The van der Waals surface area contributed by atoms with Crippen molar-refractivity contribution in [1.82, 2.24) is 0 Å². The summed E-state index contributed by atoms with van der Waals surface area (Å²) in [5.74, 6) is -1.31. The minimum absolute atomic E-state index is 0.217. The quantitative estimate of drug-likeness (QED) is 0.735. The first-order valence-electron chi connectivity index (χ1n) is 4.34. The van der Waals surface area contributed by atoms with Gasteiger partial charge in [-0.1, -0.05) is 6.07 Å². The van der Waals surface area contributed by atoms with Crippen LogP contribution < -0.4 is 0 Å². The molecule has 1 aliphatic heterocycles. The second-order valence-electron chi connectivity index (χ2n) is 3.48. The van der Waals surface area contributed by atoms with Crippen LogP contribution in [0.4, 0.5) is 8.78 Å². The second-order valence-corrected chi connectivity index (χ2v) is 3.48. The Bertz CT molecular complexity index is 359. The van der Waals surface area contributed by atoms with Crippen LogP contribution in [0.5, 0.6) is 0 Å². The lowest BCUT2D eigenvalue weighted by Crippen LogP contribution is -2.25. The lowest BCUT2D eigenvalue weighted by Gasteiger charge is -2.15. The maximum atomic E-state index is 13.3. The van der Waals surface area contributed by atoms with Crippen molar-refractivity contribution in [2.75, 3.05) is 6.61 Å². The Morgan fingerprint density at radius 1 is 1.50 bits per heavy atom. The van der Waals surface area contributed by atoms with E-state index in [-0.39, 0.29) is 12.2 Å². The van der Waals surface area contributed by atoms with E-state index in [9.17, 15) is 13.9 Å². The van der Waals surface area contributed by atoms with Gasteiger partial charge in [-0.2, -0.15) is 0 Å². The number of hydrogen-bond acceptors (Lipinski definition) is 2. The lowest BCUT2D eigenvalue weighted by atomic mass is 9.94. The number of halogens is 2. The predicted molar refractivity (Wildman–Crippen MR) is 45.7 cm³/mol. The molecule has 0 aliphatic carbocycles. The fraction of sp³-hybridized carbons (Fsp3) is 0.400. The highest BCUT2D eigenvalue weighted by atomic mass is 19.1. The normalized spacial score (nSPS) is 27.4. The minimum atomic E-state index is -0.961. The van der Waals surface area contributed by atoms with Crippen LogP contribution in [0.3, 0.4) is 0 Å². The third-order valence-electron chi connectivity index (χ3n) is 2.52. The van der Waals surface area contributed by atoms with Gasteiger partial charge in [0.05, 0.1) is 12.7 Å². The molecule has 14 heavy (non-hydrogen) atoms. The van der Waals surface area contributed by atoms with E-state index in [2.05, 4.69) is 0 Å². The zero-order chi connectivity index (χ0) is 10.3. The molecule has 2 atom stereocenters. The average molecular weight is 200 g/mol. The summed E-state index contributed by atoms with van der Waals surface area (Å²) in [6.45, 7) is 1.79. The molecular weight excluding hydrogens is 190 g/mol. The summed E-state index contributed by atoms with van der Waals surface area (Å²) in [5, 5.41) is 9.40. The number of hydrogen-bond donors (Lipinski definition) is 1. The summed E-state index contributed by atoms with van der Waals surface area (Å²) in [5.41, 5.74) is -0.744. The number of rotatable bonds is 2. The van der Waals surface area contributed by atoms with Crippen molar-refractivity contribution in [3.05, 3.63) is 35.4 Å². The molecule has 2 nitrogen and oxygen atoms in total. The highest BCUT2D eigenvalue weighted by Gasteiger charge is 2.52. The van der Waals surface area contributed by atoms with Gasteiger partial charge in [-0.25, -0.2) is 8.78 Å². The standard InChI is InChI=1S/C10H10F2O2/c1-6(13)10(5-14-10)8-3-2-7(11)4-9(8)12/h2-4,6,13H,5H2,1H3/t6-,10-/m1/s1. The Hall–Kier alpha value is -1.00. The van der Waals surface area contributed by atoms with E-state index in [0.717, 1.165) is 12.1 Å². The van der Waals surface area contributed by atoms with Crippen molar-refractivity contribution >= 4 is 0 Å². The van der Waals surface area contributed by atoms with Crippen LogP contribution >= 0.6 is 0 Å². The Balaban J connectivity index is 2.42. The highest BCUT2D eigenvalue weighted by Crippen LogP contribution is 2.43. The first-order valence-corrected chi connectivity index (χ1v) is 4.34. The number of benzene rings is 1. The Labute approximate surface area is 80.1 Å². The smallest absolute Gasteiger partial charge is 0.145 e.